The molecule has 0 radical (unpaired) electrons. The van der Waals surface area contributed by atoms with Crippen LogP contribution in [-0.4, -0.2) is 16.9 Å². The first kappa shape index (κ1) is 16.7. The Kier molecular flexibility index (Phi) is 3.97. The number of ketones is 1. The van der Waals surface area contributed by atoms with Crippen molar-refractivity contribution in [3.8, 4) is 0 Å². The number of aliphatic carboxylic acids is 1. The molecular formula is C19H26O3. The first-order chi connectivity index (χ1) is 10.1. The summed E-state index contributed by atoms with van der Waals surface area (Å²) < 4.78 is 0. The normalized spacial score (nSPS) is 32.9. The molecule has 2 aliphatic rings. The van der Waals surface area contributed by atoms with Crippen LogP contribution in [0.1, 0.15) is 47.5 Å². The highest BCUT2D eigenvalue weighted by molar-refractivity contribution is 6.00. The Balaban J connectivity index is 2.53. The lowest BCUT2D eigenvalue weighted by molar-refractivity contribution is -0.147. The standard InChI is InChI=1S/C19H26O3/c1-7-8-13-12(4)14(10-15(13)20)19(17(21)22)16(9-11(2)3)18(19,5)6/h7,9,14,16H,1,8,10H2,2-6H3,(H,21,22)/t14?,16-,19+/m1/s1. The number of hydrogen-bond acceptors (Lipinski definition) is 2. The van der Waals surface area contributed by atoms with Gasteiger partial charge >= 0.3 is 5.97 Å². The molecular weight excluding hydrogens is 276 g/mol. The van der Waals surface area contributed by atoms with E-state index in [0.29, 0.717) is 12.8 Å². The Hall–Kier alpha value is -1.64. The summed E-state index contributed by atoms with van der Waals surface area (Å²) in [4.78, 5) is 24.5. The quantitative estimate of drug-likeness (QED) is 0.776. The van der Waals surface area contributed by atoms with Crippen LogP contribution in [0.25, 0.3) is 0 Å². The molecule has 0 amide bonds. The van der Waals surface area contributed by atoms with Crippen LogP contribution in [-0.2, 0) is 9.59 Å². The van der Waals surface area contributed by atoms with Gasteiger partial charge in [0.2, 0.25) is 0 Å². The van der Waals surface area contributed by atoms with Gasteiger partial charge in [-0.15, -0.1) is 6.58 Å². The monoisotopic (exact) mass is 302 g/mol. The summed E-state index contributed by atoms with van der Waals surface area (Å²) in [5.41, 5.74) is 1.63. The SMILES string of the molecule is C=CCC1=C(C)C([C@@]2(C(=O)O)[C@H](C=C(C)C)C2(C)C)CC1=O. The summed E-state index contributed by atoms with van der Waals surface area (Å²) >= 11 is 0. The van der Waals surface area contributed by atoms with Crippen molar-refractivity contribution in [2.75, 3.05) is 0 Å². The third-order valence-corrected chi connectivity index (χ3v) is 5.73. The Bertz CT molecular complexity index is 602. The third-order valence-electron chi connectivity index (χ3n) is 5.73. The topological polar surface area (TPSA) is 54.4 Å². The highest BCUT2D eigenvalue weighted by atomic mass is 16.4. The van der Waals surface area contributed by atoms with Gasteiger partial charge in [-0.2, -0.15) is 0 Å². The van der Waals surface area contributed by atoms with Crippen LogP contribution in [0.4, 0.5) is 0 Å². The van der Waals surface area contributed by atoms with E-state index in [-0.39, 0.29) is 23.0 Å². The number of Topliss-reactive ketones (excluding diaryl/α,β-unsaturated/α-hetero) is 1. The van der Waals surface area contributed by atoms with Crippen LogP contribution in [0.2, 0.25) is 0 Å². The van der Waals surface area contributed by atoms with E-state index in [2.05, 4.69) is 12.7 Å². The van der Waals surface area contributed by atoms with Crippen molar-refractivity contribution < 1.29 is 14.7 Å². The highest BCUT2D eigenvalue weighted by Crippen LogP contribution is 2.75. The highest BCUT2D eigenvalue weighted by Gasteiger charge is 2.78. The van der Waals surface area contributed by atoms with Gasteiger partial charge in [0.1, 0.15) is 0 Å². The fourth-order valence-corrected chi connectivity index (χ4v) is 4.55. The zero-order chi connectivity index (χ0) is 16.9. The second-order valence-electron chi connectivity index (χ2n) is 7.45. The molecule has 0 heterocycles. The third kappa shape index (κ3) is 2.02. The summed E-state index contributed by atoms with van der Waals surface area (Å²) in [6.45, 7) is 13.6. The predicted molar refractivity (Wildman–Crippen MR) is 87.4 cm³/mol. The molecule has 0 bridgehead atoms. The maximum atomic E-state index is 12.3. The summed E-state index contributed by atoms with van der Waals surface area (Å²) in [5.74, 6) is -0.931. The lowest BCUT2D eigenvalue weighted by atomic mass is 9.78. The lowest BCUT2D eigenvalue weighted by Crippen LogP contribution is -2.31. The number of carbonyl (C=O) groups excluding carboxylic acids is 1. The first-order valence-electron chi connectivity index (χ1n) is 7.84. The molecule has 2 rings (SSSR count). The molecule has 1 N–H and O–H groups in total. The van der Waals surface area contributed by atoms with E-state index in [0.717, 1.165) is 16.7 Å². The minimum absolute atomic E-state index is 0.0293. The second kappa shape index (κ2) is 5.22. The average Bonchev–Trinajstić information content (AvgIpc) is 2.73. The van der Waals surface area contributed by atoms with Gasteiger partial charge < -0.3 is 5.11 Å². The minimum Gasteiger partial charge on any atom is -0.481 e. The van der Waals surface area contributed by atoms with Crippen molar-refractivity contribution in [3.05, 3.63) is 35.5 Å². The van der Waals surface area contributed by atoms with Crippen LogP contribution in [0.5, 0.6) is 0 Å². The minimum atomic E-state index is -0.868. The van der Waals surface area contributed by atoms with Crippen molar-refractivity contribution in [1.29, 1.82) is 0 Å². The number of rotatable bonds is 5. The Morgan fingerprint density at radius 1 is 1.41 bits per heavy atom. The van der Waals surface area contributed by atoms with E-state index in [1.54, 1.807) is 6.08 Å². The molecule has 3 atom stereocenters. The van der Waals surface area contributed by atoms with E-state index in [9.17, 15) is 14.7 Å². The summed E-state index contributed by atoms with van der Waals surface area (Å²) in [5, 5.41) is 10.0. The molecule has 22 heavy (non-hydrogen) atoms. The van der Waals surface area contributed by atoms with E-state index >= 15 is 0 Å². The second-order valence-corrected chi connectivity index (χ2v) is 7.45. The maximum absolute atomic E-state index is 12.3. The predicted octanol–water partition coefficient (Wildman–Crippen LogP) is 4.16. The average molecular weight is 302 g/mol. The smallest absolute Gasteiger partial charge is 0.311 e. The van der Waals surface area contributed by atoms with Crippen molar-refractivity contribution >= 4 is 11.8 Å². The Morgan fingerprint density at radius 3 is 2.45 bits per heavy atom. The molecule has 0 spiro atoms. The van der Waals surface area contributed by atoms with Crippen molar-refractivity contribution in [2.45, 2.75) is 47.5 Å². The van der Waals surface area contributed by atoms with Gasteiger partial charge in [-0.05, 0) is 38.2 Å². The number of carboxylic acids is 1. The van der Waals surface area contributed by atoms with E-state index in [4.69, 9.17) is 0 Å². The van der Waals surface area contributed by atoms with Gasteiger partial charge in [0.15, 0.2) is 5.78 Å². The Labute approximate surface area is 132 Å². The number of allylic oxidation sites excluding steroid dienone is 5. The molecule has 0 aromatic heterocycles. The fourth-order valence-electron chi connectivity index (χ4n) is 4.55. The first-order valence-corrected chi connectivity index (χ1v) is 7.84. The van der Waals surface area contributed by atoms with Gasteiger partial charge in [-0.25, -0.2) is 0 Å². The van der Waals surface area contributed by atoms with Crippen molar-refractivity contribution in [2.24, 2.45) is 22.7 Å². The molecule has 0 saturated heterocycles. The molecule has 0 aliphatic heterocycles. The molecule has 3 nitrogen and oxygen atoms in total. The molecule has 120 valence electrons. The lowest BCUT2D eigenvalue weighted by Gasteiger charge is -2.24. The van der Waals surface area contributed by atoms with Crippen LogP contribution in [0.3, 0.4) is 0 Å². The van der Waals surface area contributed by atoms with Crippen molar-refractivity contribution in [1.82, 2.24) is 0 Å². The Morgan fingerprint density at radius 2 is 2.00 bits per heavy atom. The summed E-state index contributed by atoms with van der Waals surface area (Å²) in [7, 11) is 0. The number of carboxylic acid groups (broad SMARTS) is 1. The summed E-state index contributed by atoms with van der Waals surface area (Å²) in [6, 6.07) is 0. The molecule has 0 aromatic carbocycles. The number of hydrogen-bond donors (Lipinski definition) is 1. The molecule has 0 aromatic rings. The van der Waals surface area contributed by atoms with Crippen LogP contribution >= 0.6 is 0 Å². The maximum Gasteiger partial charge on any atom is 0.311 e. The van der Waals surface area contributed by atoms with Gasteiger partial charge in [-0.3, -0.25) is 9.59 Å². The molecule has 2 aliphatic carbocycles. The molecule has 1 unspecified atom stereocenters. The zero-order valence-electron chi connectivity index (χ0n) is 14.2. The molecule has 3 heteroatoms. The van der Waals surface area contributed by atoms with E-state index < -0.39 is 11.4 Å². The van der Waals surface area contributed by atoms with Gasteiger partial charge in [-0.1, -0.05) is 37.1 Å². The molecule has 1 fully saturated rings. The van der Waals surface area contributed by atoms with Crippen LogP contribution in [0.15, 0.2) is 35.5 Å². The van der Waals surface area contributed by atoms with Crippen molar-refractivity contribution in [3.63, 3.8) is 0 Å². The van der Waals surface area contributed by atoms with Gasteiger partial charge in [0.05, 0.1) is 5.41 Å². The van der Waals surface area contributed by atoms with Gasteiger partial charge in [0.25, 0.3) is 0 Å². The van der Waals surface area contributed by atoms with Gasteiger partial charge in [0, 0.05) is 18.3 Å². The summed E-state index contributed by atoms with van der Waals surface area (Å²) in [6.07, 6.45) is 4.64. The van der Waals surface area contributed by atoms with E-state index in [1.807, 2.05) is 34.6 Å². The van der Waals surface area contributed by atoms with Crippen LogP contribution < -0.4 is 0 Å². The number of carbonyl (C=O) groups is 2. The molecule has 1 saturated carbocycles. The van der Waals surface area contributed by atoms with E-state index in [1.165, 1.54) is 0 Å². The fraction of sp³-hybridized carbons (Fsp3) is 0.579. The largest absolute Gasteiger partial charge is 0.481 e. The van der Waals surface area contributed by atoms with Crippen LogP contribution in [0, 0.1) is 22.7 Å². The zero-order valence-corrected chi connectivity index (χ0v) is 14.2.